The van der Waals surface area contributed by atoms with Gasteiger partial charge in [-0.2, -0.15) is 0 Å². The van der Waals surface area contributed by atoms with Crippen LogP contribution in [0.4, 0.5) is 0 Å². The first kappa shape index (κ1) is 40.2. The van der Waals surface area contributed by atoms with E-state index >= 15 is 0 Å². The third-order valence-corrected chi connectivity index (χ3v) is 10.2. The standard InChI is InChI=1S/C40H57N7O5/c1-28(48)47(36(23-31-17-9-4-10-18-31)40(52)46-34(38(42)50)25-33-26-43-27-45-33)35(22-30-15-7-3-8-16-30)37(49)24-32(21-29-13-5-2-6-14-29)39(51)44-20-12-11-19-41/h2,4-6,9-10,13-14,17-18,26-27,30,32,34-37,49H,3,7-8,11-12,15-16,19-25,41H2,1H3,(H2,42,50)(H,43,45)(H,44,51)(H,46,52)/t32-,34+,35+,36+,37+/m1/s1. The molecule has 1 heterocycles. The number of nitrogens with one attached hydrogen (secondary N) is 3. The van der Waals surface area contributed by atoms with Crippen molar-refractivity contribution in [1.82, 2.24) is 25.5 Å². The zero-order valence-electron chi connectivity index (χ0n) is 30.4. The van der Waals surface area contributed by atoms with Gasteiger partial charge in [-0.05, 0) is 55.7 Å². The molecule has 52 heavy (non-hydrogen) atoms. The van der Waals surface area contributed by atoms with Crippen molar-refractivity contribution in [3.8, 4) is 0 Å². The number of nitrogens with two attached hydrogens (primary N) is 2. The summed E-state index contributed by atoms with van der Waals surface area (Å²) in [5.41, 5.74) is 13.8. The molecule has 3 aromatic rings. The van der Waals surface area contributed by atoms with Crippen molar-refractivity contribution in [3.05, 3.63) is 90.0 Å². The number of aliphatic hydroxyl groups excluding tert-OH is 1. The minimum atomic E-state index is -1.13. The molecule has 1 aromatic heterocycles. The molecule has 1 aliphatic rings. The van der Waals surface area contributed by atoms with Gasteiger partial charge in [0.2, 0.25) is 23.6 Å². The zero-order valence-corrected chi connectivity index (χ0v) is 30.4. The normalized spacial score (nSPS) is 16.2. The van der Waals surface area contributed by atoms with Crippen LogP contribution in [0.25, 0.3) is 0 Å². The van der Waals surface area contributed by atoms with E-state index in [1.54, 1.807) is 6.20 Å². The van der Waals surface area contributed by atoms with Gasteiger partial charge in [-0.15, -0.1) is 0 Å². The van der Waals surface area contributed by atoms with Crippen molar-refractivity contribution in [3.63, 3.8) is 0 Å². The van der Waals surface area contributed by atoms with E-state index in [0.29, 0.717) is 31.6 Å². The molecule has 282 valence electrons. The largest absolute Gasteiger partial charge is 0.391 e. The summed E-state index contributed by atoms with van der Waals surface area (Å²) in [6.45, 7) is 2.42. The Bertz CT molecular complexity index is 1520. The Kier molecular flexibility index (Phi) is 16.3. The highest BCUT2D eigenvalue weighted by atomic mass is 16.3. The maximum atomic E-state index is 14.4. The van der Waals surface area contributed by atoms with Crippen LogP contribution in [0.1, 0.15) is 81.5 Å². The third-order valence-electron chi connectivity index (χ3n) is 10.2. The van der Waals surface area contributed by atoms with Crippen molar-refractivity contribution >= 4 is 23.6 Å². The van der Waals surface area contributed by atoms with E-state index in [1.807, 2.05) is 60.7 Å². The van der Waals surface area contributed by atoms with Crippen LogP contribution in [0, 0.1) is 11.8 Å². The zero-order chi connectivity index (χ0) is 37.3. The minimum Gasteiger partial charge on any atom is -0.391 e. The fraction of sp³-hybridized carbons (Fsp3) is 0.525. The molecule has 12 heteroatoms. The molecule has 0 radical (unpaired) electrons. The summed E-state index contributed by atoms with van der Waals surface area (Å²) in [5, 5.41) is 18.2. The van der Waals surface area contributed by atoms with Gasteiger partial charge in [-0.1, -0.05) is 92.8 Å². The number of carbonyl (C=O) groups excluding carboxylic acids is 4. The monoisotopic (exact) mass is 715 g/mol. The maximum Gasteiger partial charge on any atom is 0.243 e. The molecule has 2 aromatic carbocycles. The Balaban J connectivity index is 1.69. The number of unbranched alkanes of at least 4 members (excludes halogenated alkanes) is 1. The van der Waals surface area contributed by atoms with Crippen LogP contribution in [0.3, 0.4) is 0 Å². The van der Waals surface area contributed by atoms with Gasteiger partial charge >= 0.3 is 0 Å². The Morgan fingerprint density at radius 1 is 0.923 bits per heavy atom. The number of H-pyrrole nitrogens is 1. The second-order valence-electron chi connectivity index (χ2n) is 14.2. The molecule has 0 saturated heterocycles. The van der Waals surface area contributed by atoms with E-state index in [0.717, 1.165) is 56.1 Å². The summed E-state index contributed by atoms with van der Waals surface area (Å²) < 4.78 is 0. The number of hydrogen-bond acceptors (Lipinski definition) is 7. The maximum absolute atomic E-state index is 14.4. The molecule has 4 rings (SSSR count). The van der Waals surface area contributed by atoms with E-state index in [-0.39, 0.29) is 37.0 Å². The molecule has 0 unspecified atom stereocenters. The number of amides is 4. The number of primary amides is 1. The lowest BCUT2D eigenvalue weighted by Gasteiger charge is -2.42. The number of hydrogen-bond donors (Lipinski definition) is 6. The third kappa shape index (κ3) is 12.6. The Hall–Kier alpha value is -4.55. The summed E-state index contributed by atoms with van der Waals surface area (Å²) in [4.78, 5) is 63.1. The topological polar surface area (TPSA) is 197 Å². The van der Waals surface area contributed by atoms with Crippen LogP contribution in [0.2, 0.25) is 0 Å². The first-order chi connectivity index (χ1) is 25.2. The Labute approximate surface area is 307 Å². The Morgan fingerprint density at radius 2 is 1.58 bits per heavy atom. The van der Waals surface area contributed by atoms with E-state index < -0.39 is 42.0 Å². The number of imidazole rings is 1. The number of carbonyl (C=O) groups is 4. The summed E-state index contributed by atoms with van der Waals surface area (Å²) in [7, 11) is 0. The molecule has 1 fully saturated rings. The second-order valence-corrected chi connectivity index (χ2v) is 14.2. The van der Waals surface area contributed by atoms with Gasteiger partial charge in [0.1, 0.15) is 12.1 Å². The van der Waals surface area contributed by atoms with E-state index in [2.05, 4.69) is 20.6 Å². The molecule has 1 saturated carbocycles. The van der Waals surface area contributed by atoms with E-state index in [1.165, 1.54) is 18.2 Å². The molecular formula is C40H57N7O5. The number of benzene rings is 2. The summed E-state index contributed by atoms with van der Waals surface area (Å²) >= 11 is 0. The number of rotatable bonds is 21. The van der Waals surface area contributed by atoms with Gasteiger partial charge in [0.25, 0.3) is 0 Å². The highest BCUT2D eigenvalue weighted by Crippen LogP contribution is 2.32. The van der Waals surface area contributed by atoms with Crippen LogP contribution in [0.5, 0.6) is 0 Å². The number of aromatic nitrogens is 2. The molecule has 8 N–H and O–H groups in total. The van der Waals surface area contributed by atoms with Gasteiger partial charge in [0, 0.05) is 44.1 Å². The highest BCUT2D eigenvalue weighted by Gasteiger charge is 2.40. The SMILES string of the molecule is CC(=O)N([C@@H](Cc1ccccc1)C(=O)N[C@@H](Cc1cnc[nH]1)C(N)=O)[C@@H](CC1CCCCC1)[C@@H](O)C[C@@H](Cc1ccccc1)C(=O)NCCCCN. The quantitative estimate of drug-likeness (QED) is 0.0911. The number of aliphatic hydroxyl groups is 1. The van der Waals surface area contributed by atoms with Gasteiger partial charge in [0.05, 0.1) is 18.5 Å². The smallest absolute Gasteiger partial charge is 0.243 e. The van der Waals surface area contributed by atoms with Gasteiger partial charge in [-0.3, -0.25) is 19.2 Å². The van der Waals surface area contributed by atoms with E-state index in [9.17, 15) is 24.3 Å². The van der Waals surface area contributed by atoms with Crippen molar-refractivity contribution in [1.29, 1.82) is 0 Å². The lowest BCUT2D eigenvalue weighted by molar-refractivity contribution is -0.146. The lowest BCUT2D eigenvalue weighted by atomic mass is 9.80. The summed E-state index contributed by atoms with van der Waals surface area (Å²) in [5.74, 6) is -2.20. The molecule has 5 atom stereocenters. The molecule has 12 nitrogen and oxygen atoms in total. The summed E-state index contributed by atoms with van der Waals surface area (Å²) in [6, 6.07) is 16.1. The van der Waals surface area contributed by atoms with E-state index in [4.69, 9.17) is 11.5 Å². The van der Waals surface area contributed by atoms with Crippen LogP contribution in [-0.2, 0) is 38.4 Å². The average Bonchev–Trinajstić information content (AvgIpc) is 3.66. The predicted molar refractivity (Wildman–Crippen MR) is 200 cm³/mol. The first-order valence-corrected chi connectivity index (χ1v) is 18.8. The number of nitrogens with zero attached hydrogens (tertiary/aromatic N) is 2. The van der Waals surface area contributed by atoms with Gasteiger partial charge in [-0.25, -0.2) is 4.98 Å². The van der Waals surface area contributed by atoms with Crippen LogP contribution in [0.15, 0.2) is 73.2 Å². The van der Waals surface area contributed by atoms with Crippen LogP contribution >= 0.6 is 0 Å². The van der Waals surface area contributed by atoms with Crippen molar-refractivity contribution in [2.75, 3.05) is 13.1 Å². The predicted octanol–water partition coefficient (Wildman–Crippen LogP) is 3.19. The highest BCUT2D eigenvalue weighted by molar-refractivity contribution is 5.91. The number of aromatic amines is 1. The second kappa shape index (κ2) is 21.1. The molecule has 0 aliphatic heterocycles. The van der Waals surface area contributed by atoms with Crippen LogP contribution < -0.4 is 22.1 Å². The van der Waals surface area contributed by atoms with Gasteiger partial charge < -0.3 is 37.1 Å². The fourth-order valence-corrected chi connectivity index (χ4v) is 7.42. The molecule has 4 amide bonds. The van der Waals surface area contributed by atoms with Gasteiger partial charge in [0.15, 0.2) is 0 Å². The minimum absolute atomic E-state index is 0.0855. The van der Waals surface area contributed by atoms with Crippen molar-refractivity contribution in [2.24, 2.45) is 23.3 Å². The molecule has 0 bridgehead atoms. The van der Waals surface area contributed by atoms with Crippen LogP contribution in [-0.4, -0.2) is 80.9 Å². The van der Waals surface area contributed by atoms with Crippen molar-refractivity contribution < 1.29 is 24.3 Å². The summed E-state index contributed by atoms with van der Waals surface area (Å²) in [6.07, 6.45) is 9.78. The fourth-order valence-electron chi connectivity index (χ4n) is 7.42. The molecule has 0 spiro atoms. The average molecular weight is 716 g/mol. The Morgan fingerprint density at radius 3 is 2.15 bits per heavy atom. The molecular weight excluding hydrogens is 658 g/mol. The first-order valence-electron chi connectivity index (χ1n) is 18.8. The lowest BCUT2D eigenvalue weighted by Crippen LogP contribution is -2.60. The molecule has 1 aliphatic carbocycles. The van der Waals surface area contributed by atoms with Crippen molar-refractivity contribution in [2.45, 2.75) is 108 Å².